The van der Waals surface area contributed by atoms with Crippen molar-refractivity contribution >= 4 is 63.6 Å². The highest BCUT2D eigenvalue weighted by molar-refractivity contribution is 9.10. The molecule has 6 aromatic rings. The number of esters is 1. The second kappa shape index (κ2) is 29.8. The summed E-state index contributed by atoms with van der Waals surface area (Å²) in [6.07, 6.45) is -4.71. The van der Waals surface area contributed by atoms with Gasteiger partial charge in [-0.25, -0.2) is 36.7 Å². The molecule has 2 aromatic heterocycles. The van der Waals surface area contributed by atoms with Crippen LogP contribution >= 0.6 is 15.9 Å². The minimum absolute atomic E-state index is 0.0975. The van der Waals surface area contributed by atoms with Gasteiger partial charge in [-0.15, -0.1) is 0 Å². The number of carboxylic acid groups (broad SMARTS) is 1. The lowest BCUT2D eigenvalue weighted by Crippen LogP contribution is -2.44. The van der Waals surface area contributed by atoms with Crippen molar-refractivity contribution < 1.29 is 91.7 Å². The number of methoxy groups -OCH3 is 1. The lowest BCUT2D eigenvalue weighted by Gasteiger charge is -2.32. The van der Waals surface area contributed by atoms with E-state index in [0.717, 1.165) is 35.7 Å². The molecule has 0 spiro atoms. The zero-order valence-electron chi connectivity index (χ0n) is 54.0. The zero-order valence-corrected chi connectivity index (χ0v) is 55.6. The van der Waals surface area contributed by atoms with E-state index in [-0.39, 0.29) is 29.7 Å². The number of carbonyl (C=O) groups excluding carboxylic acids is 3. The molecular formula is C63H68BBrF10N8O14. The molecular weight excluding hydrogens is 1370 g/mol. The monoisotopic (exact) mass is 1440 g/mol. The van der Waals surface area contributed by atoms with Crippen LogP contribution in [0.15, 0.2) is 84.6 Å². The number of ether oxygens (including phenoxy) is 3. The predicted octanol–water partition coefficient (Wildman–Crippen LogP) is 7.45. The molecule has 97 heavy (non-hydrogen) atoms. The summed E-state index contributed by atoms with van der Waals surface area (Å²) in [7, 11) is 6.23. The lowest BCUT2D eigenvalue weighted by atomic mass is 9.75. The predicted molar refractivity (Wildman–Crippen MR) is 337 cm³/mol. The molecule has 22 nitrogen and oxygen atoms in total. The Balaban J connectivity index is 0.000000236. The van der Waals surface area contributed by atoms with E-state index in [4.69, 9.17) is 23.5 Å². The smallest absolute Gasteiger partial charge is 0.494 e. The fourth-order valence-electron chi connectivity index (χ4n) is 10.4. The van der Waals surface area contributed by atoms with Crippen LogP contribution in [0.5, 0.6) is 11.5 Å². The molecule has 4 atom stereocenters. The van der Waals surface area contributed by atoms with E-state index in [0.29, 0.717) is 107 Å². The van der Waals surface area contributed by atoms with Crippen molar-refractivity contribution in [3.63, 3.8) is 0 Å². The number of hydrogen-bond acceptors (Lipinski definition) is 15. The maximum absolute atomic E-state index is 14.8. The molecule has 0 radical (unpaired) electrons. The van der Waals surface area contributed by atoms with Crippen LogP contribution < -0.4 is 58.7 Å². The molecule has 5 heterocycles. The Bertz CT molecular complexity index is 4190. The van der Waals surface area contributed by atoms with Crippen molar-refractivity contribution in [1.29, 1.82) is 0 Å². The maximum atomic E-state index is 14.8. The second-order valence-corrected chi connectivity index (χ2v) is 24.9. The Labute approximate surface area is 555 Å². The van der Waals surface area contributed by atoms with Gasteiger partial charge in [-0.05, 0) is 130 Å². The summed E-state index contributed by atoms with van der Waals surface area (Å²) < 4.78 is 170. The van der Waals surface area contributed by atoms with Crippen molar-refractivity contribution in [2.24, 2.45) is 28.2 Å². The maximum Gasteiger partial charge on any atom is 0.498 e. The topological polar surface area (TPSA) is 271 Å². The van der Waals surface area contributed by atoms with E-state index >= 15 is 0 Å². The zero-order chi connectivity index (χ0) is 72.3. The number of fused-ring (bicyclic) bond motifs is 2. The van der Waals surface area contributed by atoms with Crippen LogP contribution in [-0.4, -0.2) is 122 Å². The molecule has 5 N–H and O–H groups in total. The van der Waals surface area contributed by atoms with Crippen LogP contribution in [0.25, 0.3) is 11.1 Å². The molecule has 3 aliphatic rings. The number of nitrogens with zero attached hydrogens (tertiary/aromatic N) is 4. The molecule has 0 aliphatic carbocycles. The lowest BCUT2D eigenvalue weighted by molar-refractivity contribution is -0.143. The Morgan fingerprint density at radius 3 is 1.49 bits per heavy atom. The Kier molecular flexibility index (Phi) is 23.2. The molecule has 0 unspecified atom stereocenters. The number of halogens is 11. The average Bonchev–Trinajstić information content (AvgIpc) is 1.75. The Hall–Kier alpha value is -8.92. The molecule has 3 aliphatic heterocycles. The summed E-state index contributed by atoms with van der Waals surface area (Å²) in [4.78, 5) is 97.7. The first-order valence-corrected chi connectivity index (χ1v) is 30.5. The number of amides is 2. The first kappa shape index (κ1) is 75.5. The van der Waals surface area contributed by atoms with E-state index in [1.807, 2.05) is 38.3 Å². The molecule has 0 bridgehead atoms. The van der Waals surface area contributed by atoms with E-state index < -0.39 is 136 Å². The standard InChI is InChI=1S/C29H34BF5N2O6.C28H27F5N4O6.C6H7BrN2O2/c1-15(29(33,34)35)36-17-13-20(31)23(21(32)14-17)25(38)37-22(26(39)40-6)12-16-9-10-19(24-18(16)8-7-11-41-24)30-42-27(2,3)28(4,5)43-30;1-13(28(31,32)33)34-15-10-19(29)22(20(30)11-15)24(38)35-21(26(40)41)9-14-6-7-17(23-16(14)5-4-8-43-23)18-12-36(2)27(42)37(3)25(18)39;1-8-3-4(7)5(10)9(2)6(8)11/h9-10,13-15,22,36H,7-8,11-12H2,1-6H3,(H,37,38);6-7,10-13,21,34H,4-5,8-9H2,1-3H3,(H,35,38)(H,40,41);3H,1-2H3/t15-,22+;13-,21+;/m11./s1. The van der Waals surface area contributed by atoms with Gasteiger partial charge in [-0.1, -0.05) is 24.3 Å². The second-order valence-electron chi connectivity index (χ2n) is 24.0. The summed E-state index contributed by atoms with van der Waals surface area (Å²) in [5, 5.41) is 18.1. The van der Waals surface area contributed by atoms with Gasteiger partial charge in [0.2, 0.25) is 0 Å². The van der Waals surface area contributed by atoms with Gasteiger partial charge in [-0.3, -0.25) is 28.3 Å². The number of aliphatic carboxylic acids is 1. The number of nitrogens with one attached hydrogen (secondary N) is 4. The molecule has 4 aromatic carbocycles. The number of aromatic nitrogens is 4. The Morgan fingerprint density at radius 1 is 0.629 bits per heavy atom. The Morgan fingerprint density at radius 2 is 1.04 bits per heavy atom. The van der Waals surface area contributed by atoms with Gasteiger partial charge in [-0.2, -0.15) is 26.3 Å². The highest BCUT2D eigenvalue weighted by atomic mass is 79.9. The molecule has 0 saturated carbocycles. The van der Waals surface area contributed by atoms with Crippen LogP contribution in [0.1, 0.15) is 97.4 Å². The molecule has 1 saturated heterocycles. The number of benzene rings is 4. The number of rotatable bonds is 16. The van der Waals surface area contributed by atoms with Gasteiger partial charge < -0.3 is 59.0 Å². The number of anilines is 2. The first-order chi connectivity index (χ1) is 45.1. The summed E-state index contributed by atoms with van der Waals surface area (Å²) in [5.41, 5.74) is -2.59. The minimum Gasteiger partial charge on any atom is -0.494 e. The SMILES string of the molecule is COC(=O)[C@H](Cc1ccc(B2OC(C)(C)C(C)(C)O2)c2c1CCCO2)NC(=O)c1c(F)cc(N[C@H](C)C(F)(F)F)cc1F.C[C@@H](Nc1cc(F)c(C(=O)N[C@@H](Cc2ccc(-c3cn(C)c(=O)n(C)c3=O)c3c2CCCO3)C(=O)O)c(F)c1)C(F)(F)F.Cn1cc(Br)c(=O)n(C)c1=O. The summed E-state index contributed by atoms with van der Waals surface area (Å²) in [5.74, 6) is -10.0. The summed E-state index contributed by atoms with van der Waals surface area (Å²) in [6.45, 7) is 9.99. The summed E-state index contributed by atoms with van der Waals surface area (Å²) in [6, 6.07) is 1.48. The summed E-state index contributed by atoms with van der Waals surface area (Å²) >= 11 is 3.04. The van der Waals surface area contributed by atoms with E-state index in [1.165, 1.54) is 48.7 Å². The van der Waals surface area contributed by atoms with Crippen LogP contribution in [0.4, 0.5) is 55.3 Å². The largest absolute Gasteiger partial charge is 0.498 e. The van der Waals surface area contributed by atoms with Gasteiger partial charge in [0.15, 0.2) is 0 Å². The molecule has 9 rings (SSSR count). The first-order valence-electron chi connectivity index (χ1n) is 29.8. The van der Waals surface area contributed by atoms with Crippen molar-refractivity contribution in [1.82, 2.24) is 28.9 Å². The van der Waals surface area contributed by atoms with Crippen molar-refractivity contribution in [3.05, 3.63) is 164 Å². The van der Waals surface area contributed by atoms with Gasteiger partial charge in [0.25, 0.3) is 22.9 Å². The minimum atomic E-state index is -4.70. The van der Waals surface area contributed by atoms with Crippen LogP contribution in [-0.2, 0) is 77.5 Å². The number of alkyl halides is 6. The van der Waals surface area contributed by atoms with Crippen molar-refractivity contribution in [3.8, 4) is 22.6 Å². The van der Waals surface area contributed by atoms with Crippen LogP contribution in [0, 0.1) is 23.3 Å². The quantitative estimate of drug-likeness (QED) is 0.0357. The third-order valence-electron chi connectivity index (χ3n) is 16.6. The molecule has 2 amide bonds. The van der Waals surface area contributed by atoms with Crippen LogP contribution in [0.2, 0.25) is 0 Å². The van der Waals surface area contributed by atoms with Crippen LogP contribution in [0.3, 0.4) is 0 Å². The molecule has 524 valence electrons. The number of aryl methyl sites for hydroxylation is 2. The number of hydrogen-bond donors (Lipinski definition) is 5. The molecule has 1 fully saturated rings. The van der Waals surface area contributed by atoms with Gasteiger partial charge in [0, 0.05) is 75.8 Å². The third kappa shape index (κ3) is 17.1. The average molecular weight is 1440 g/mol. The van der Waals surface area contributed by atoms with E-state index in [9.17, 15) is 87.4 Å². The third-order valence-corrected chi connectivity index (χ3v) is 17.1. The molecule has 34 heteroatoms. The normalized spacial score (nSPS) is 15.8. The number of carboxylic acids is 1. The highest BCUT2D eigenvalue weighted by Gasteiger charge is 2.53. The van der Waals surface area contributed by atoms with E-state index in [2.05, 4.69) is 26.6 Å². The van der Waals surface area contributed by atoms with Crippen molar-refractivity contribution in [2.75, 3.05) is 31.0 Å². The number of carbonyl (C=O) groups is 4. The fourth-order valence-corrected chi connectivity index (χ4v) is 11.0. The van der Waals surface area contributed by atoms with Crippen molar-refractivity contribution in [2.45, 2.75) is 128 Å². The fraction of sp³-hybridized carbons (Fsp3) is 0.429. The van der Waals surface area contributed by atoms with E-state index in [1.54, 1.807) is 25.2 Å². The van der Waals surface area contributed by atoms with Gasteiger partial charge in [0.05, 0.1) is 41.6 Å². The van der Waals surface area contributed by atoms with Gasteiger partial charge >= 0.3 is 42.8 Å². The van der Waals surface area contributed by atoms with Gasteiger partial charge in [0.1, 0.15) is 70.1 Å². The highest BCUT2D eigenvalue weighted by Crippen LogP contribution is 2.40.